The molecule has 1 spiro atoms. The van der Waals surface area contributed by atoms with Gasteiger partial charge in [-0.15, -0.1) is 0 Å². The third-order valence-electron chi connectivity index (χ3n) is 4.30. The third kappa shape index (κ3) is 1.30. The maximum atomic E-state index is 2.49. The highest BCUT2D eigenvalue weighted by atomic mass is 14.6. The Kier molecular flexibility index (Phi) is 2.18. The van der Waals surface area contributed by atoms with Crippen LogP contribution in [0.4, 0.5) is 0 Å². The van der Waals surface area contributed by atoms with Crippen LogP contribution in [0.2, 0.25) is 0 Å². The van der Waals surface area contributed by atoms with Crippen LogP contribution in [0, 0.1) is 17.3 Å². The maximum Gasteiger partial charge on any atom is -0.0266 e. The smallest absolute Gasteiger partial charge is 0.0266 e. The molecule has 0 nitrogen and oxygen atoms in total. The molecule has 0 N–H and O–H groups in total. The van der Waals surface area contributed by atoms with E-state index in [1.807, 2.05) is 0 Å². The molecule has 2 saturated carbocycles. The minimum atomic E-state index is 0.884. The molecule has 0 aliphatic heterocycles. The highest BCUT2D eigenvalue weighted by molar-refractivity contribution is 5.03. The SMILES string of the molecule is CCCC(C)C1CCCC12CC2. The van der Waals surface area contributed by atoms with Crippen LogP contribution in [0.3, 0.4) is 0 Å². The Labute approximate surface area is 76.7 Å². The average Bonchev–Trinajstić information content (AvgIpc) is 2.63. The van der Waals surface area contributed by atoms with Crippen molar-refractivity contribution in [1.29, 1.82) is 0 Å². The van der Waals surface area contributed by atoms with Gasteiger partial charge in [0.15, 0.2) is 0 Å². The van der Waals surface area contributed by atoms with Gasteiger partial charge in [0.05, 0.1) is 0 Å². The largest absolute Gasteiger partial charge is 0.0654 e. The summed E-state index contributed by atoms with van der Waals surface area (Å²) < 4.78 is 0. The van der Waals surface area contributed by atoms with E-state index in [2.05, 4.69) is 13.8 Å². The van der Waals surface area contributed by atoms with Gasteiger partial charge in [0.2, 0.25) is 0 Å². The molecule has 0 bridgehead atoms. The second kappa shape index (κ2) is 3.05. The van der Waals surface area contributed by atoms with E-state index in [0.717, 1.165) is 17.3 Å². The van der Waals surface area contributed by atoms with Crippen LogP contribution < -0.4 is 0 Å². The average molecular weight is 166 g/mol. The fourth-order valence-electron chi connectivity index (χ4n) is 3.49. The minimum absolute atomic E-state index is 0.884. The Bertz CT molecular complexity index is 155. The molecule has 0 radical (unpaired) electrons. The lowest BCUT2D eigenvalue weighted by Gasteiger charge is -2.25. The third-order valence-corrected chi connectivity index (χ3v) is 4.30. The minimum Gasteiger partial charge on any atom is -0.0654 e. The lowest BCUT2D eigenvalue weighted by Crippen LogP contribution is -2.17. The van der Waals surface area contributed by atoms with Crippen LogP contribution in [-0.4, -0.2) is 0 Å². The highest BCUT2D eigenvalue weighted by Gasteiger charge is 2.52. The summed E-state index contributed by atoms with van der Waals surface area (Å²) in [6.45, 7) is 4.81. The van der Waals surface area contributed by atoms with Gasteiger partial charge in [-0.1, -0.05) is 33.1 Å². The Morgan fingerprint density at radius 3 is 2.67 bits per heavy atom. The Balaban J connectivity index is 1.94. The van der Waals surface area contributed by atoms with Crippen molar-refractivity contribution in [2.45, 2.75) is 58.8 Å². The molecular formula is C12H22. The maximum absolute atomic E-state index is 2.49. The van der Waals surface area contributed by atoms with E-state index in [0.29, 0.717) is 0 Å². The molecule has 2 atom stereocenters. The second-order valence-electron chi connectivity index (χ2n) is 5.13. The second-order valence-corrected chi connectivity index (χ2v) is 5.13. The fourth-order valence-corrected chi connectivity index (χ4v) is 3.49. The molecule has 0 heteroatoms. The predicted octanol–water partition coefficient (Wildman–Crippen LogP) is 4.00. The standard InChI is InChI=1S/C12H22/c1-3-5-10(2)11-6-4-7-12(11)8-9-12/h10-11H,3-9H2,1-2H3. The van der Waals surface area contributed by atoms with Gasteiger partial charge in [-0.25, -0.2) is 0 Å². The summed E-state index contributed by atoms with van der Waals surface area (Å²) in [6, 6.07) is 0. The molecule has 2 aliphatic carbocycles. The first kappa shape index (κ1) is 8.59. The first-order valence-corrected chi connectivity index (χ1v) is 5.78. The van der Waals surface area contributed by atoms with Gasteiger partial charge in [-0.2, -0.15) is 0 Å². The molecule has 0 saturated heterocycles. The topological polar surface area (TPSA) is 0 Å². The normalized spacial score (nSPS) is 34.0. The molecule has 70 valence electrons. The van der Waals surface area contributed by atoms with Gasteiger partial charge < -0.3 is 0 Å². The highest BCUT2D eigenvalue weighted by Crippen LogP contribution is 2.63. The molecule has 2 aliphatic rings. The van der Waals surface area contributed by atoms with E-state index in [1.54, 1.807) is 25.7 Å². The van der Waals surface area contributed by atoms with Crippen molar-refractivity contribution in [3.8, 4) is 0 Å². The quantitative estimate of drug-likeness (QED) is 0.594. The van der Waals surface area contributed by atoms with Gasteiger partial charge in [0.25, 0.3) is 0 Å². The number of hydrogen-bond donors (Lipinski definition) is 0. The van der Waals surface area contributed by atoms with Crippen molar-refractivity contribution in [3.63, 3.8) is 0 Å². The van der Waals surface area contributed by atoms with Gasteiger partial charge in [-0.3, -0.25) is 0 Å². The van der Waals surface area contributed by atoms with Gasteiger partial charge in [0.1, 0.15) is 0 Å². The Morgan fingerprint density at radius 1 is 1.33 bits per heavy atom. The summed E-state index contributed by atoms with van der Waals surface area (Å²) >= 11 is 0. The fraction of sp³-hybridized carbons (Fsp3) is 1.00. The zero-order valence-electron chi connectivity index (χ0n) is 8.60. The predicted molar refractivity (Wildman–Crippen MR) is 53.1 cm³/mol. The van der Waals surface area contributed by atoms with E-state index >= 15 is 0 Å². The monoisotopic (exact) mass is 166 g/mol. The lowest BCUT2D eigenvalue weighted by molar-refractivity contribution is 0.245. The van der Waals surface area contributed by atoms with Gasteiger partial charge in [0, 0.05) is 0 Å². The summed E-state index contributed by atoms with van der Waals surface area (Å²) in [4.78, 5) is 0. The molecule has 0 aromatic carbocycles. The molecular weight excluding hydrogens is 144 g/mol. The van der Waals surface area contributed by atoms with E-state index < -0.39 is 0 Å². The molecule has 0 amide bonds. The number of rotatable bonds is 3. The van der Waals surface area contributed by atoms with E-state index in [-0.39, 0.29) is 0 Å². The molecule has 2 unspecified atom stereocenters. The molecule has 2 fully saturated rings. The Morgan fingerprint density at radius 2 is 2.08 bits per heavy atom. The first-order valence-electron chi connectivity index (χ1n) is 5.78. The van der Waals surface area contributed by atoms with Crippen molar-refractivity contribution in [2.75, 3.05) is 0 Å². The van der Waals surface area contributed by atoms with Gasteiger partial charge in [-0.05, 0) is 42.9 Å². The van der Waals surface area contributed by atoms with Crippen molar-refractivity contribution in [2.24, 2.45) is 17.3 Å². The van der Waals surface area contributed by atoms with Crippen LogP contribution >= 0.6 is 0 Å². The van der Waals surface area contributed by atoms with Crippen LogP contribution in [0.15, 0.2) is 0 Å². The first-order chi connectivity index (χ1) is 5.78. The molecule has 0 heterocycles. The Hall–Kier alpha value is 0. The summed E-state index contributed by atoms with van der Waals surface area (Å²) in [5, 5.41) is 0. The van der Waals surface area contributed by atoms with Crippen molar-refractivity contribution >= 4 is 0 Å². The van der Waals surface area contributed by atoms with Crippen LogP contribution in [0.25, 0.3) is 0 Å². The van der Waals surface area contributed by atoms with Crippen molar-refractivity contribution in [1.82, 2.24) is 0 Å². The summed E-state index contributed by atoms with van der Waals surface area (Å²) in [5.41, 5.74) is 0.884. The van der Waals surface area contributed by atoms with E-state index in [9.17, 15) is 0 Å². The molecule has 0 aromatic rings. The van der Waals surface area contributed by atoms with E-state index in [1.165, 1.54) is 19.3 Å². The lowest BCUT2D eigenvalue weighted by atomic mass is 9.80. The van der Waals surface area contributed by atoms with Crippen molar-refractivity contribution in [3.05, 3.63) is 0 Å². The van der Waals surface area contributed by atoms with Gasteiger partial charge >= 0.3 is 0 Å². The van der Waals surface area contributed by atoms with Crippen molar-refractivity contribution < 1.29 is 0 Å². The summed E-state index contributed by atoms with van der Waals surface area (Å²) in [7, 11) is 0. The number of hydrogen-bond acceptors (Lipinski definition) is 0. The molecule has 0 aromatic heterocycles. The molecule has 2 rings (SSSR count). The zero-order valence-corrected chi connectivity index (χ0v) is 8.60. The summed E-state index contributed by atoms with van der Waals surface area (Å²) in [5.74, 6) is 2.12. The van der Waals surface area contributed by atoms with E-state index in [4.69, 9.17) is 0 Å². The summed E-state index contributed by atoms with van der Waals surface area (Å²) in [6.07, 6.45) is 10.6. The molecule has 12 heavy (non-hydrogen) atoms. The van der Waals surface area contributed by atoms with Crippen LogP contribution in [-0.2, 0) is 0 Å². The zero-order chi connectivity index (χ0) is 8.60. The van der Waals surface area contributed by atoms with Crippen LogP contribution in [0.5, 0.6) is 0 Å². The van der Waals surface area contributed by atoms with Crippen LogP contribution in [0.1, 0.15) is 58.8 Å².